The summed E-state index contributed by atoms with van der Waals surface area (Å²) in [6, 6.07) is 4.21. The topological polar surface area (TPSA) is 136 Å². The number of fused-ring (bicyclic) bond motifs is 1. The minimum Gasteiger partial charge on any atom is -0.368 e. The summed E-state index contributed by atoms with van der Waals surface area (Å²) in [6.45, 7) is 4.19. The number of hydrogen-bond acceptors (Lipinski definition) is 8. The fourth-order valence-electron chi connectivity index (χ4n) is 5.44. The van der Waals surface area contributed by atoms with E-state index in [1.54, 1.807) is 12.1 Å². The summed E-state index contributed by atoms with van der Waals surface area (Å²) < 4.78 is 0. The third-order valence-corrected chi connectivity index (χ3v) is 7.33. The van der Waals surface area contributed by atoms with Gasteiger partial charge < -0.3 is 15.5 Å². The van der Waals surface area contributed by atoms with Gasteiger partial charge in [-0.1, -0.05) is 6.07 Å². The molecule has 3 fully saturated rings. The summed E-state index contributed by atoms with van der Waals surface area (Å²) in [5.74, 6) is -1.94. The molecule has 35 heavy (non-hydrogen) atoms. The molecular formula is C24H30N6O5. The number of nitrogens with zero attached hydrogens (tertiary/aromatic N) is 4. The van der Waals surface area contributed by atoms with Crippen LogP contribution >= 0.6 is 0 Å². The molecule has 5 rings (SSSR count). The number of benzene rings is 1. The summed E-state index contributed by atoms with van der Waals surface area (Å²) in [4.78, 5) is 70.0. The SMILES string of the molecule is N[C@H]1CCCN(C(=O)CN2CCN(c3cccc4c3C(=O)N(C3CCC(=O)NC3=O)C4=O)CC2)C1. The van der Waals surface area contributed by atoms with Crippen LogP contribution in [0.25, 0.3) is 0 Å². The van der Waals surface area contributed by atoms with E-state index in [-0.39, 0.29) is 30.4 Å². The number of rotatable bonds is 4. The molecule has 1 unspecified atom stereocenters. The van der Waals surface area contributed by atoms with Gasteiger partial charge in [0.05, 0.1) is 23.4 Å². The van der Waals surface area contributed by atoms with Gasteiger partial charge in [-0.25, -0.2) is 0 Å². The van der Waals surface area contributed by atoms with E-state index in [2.05, 4.69) is 15.1 Å². The average molecular weight is 483 g/mol. The van der Waals surface area contributed by atoms with Gasteiger partial charge in [-0.3, -0.25) is 39.1 Å². The maximum absolute atomic E-state index is 13.4. The van der Waals surface area contributed by atoms with E-state index in [0.717, 1.165) is 24.3 Å². The quantitative estimate of drug-likeness (QED) is 0.530. The molecule has 0 aliphatic carbocycles. The Hall–Kier alpha value is -3.31. The highest BCUT2D eigenvalue weighted by molar-refractivity contribution is 6.25. The number of hydrogen-bond donors (Lipinski definition) is 2. The van der Waals surface area contributed by atoms with E-state index in [0.29, 0.717) is 50.5 Å². The monoisotopic (exact) mass is 482 g/mol. The largest absolute Gasteiger partial charge is 0.368 e. The summed E-state index contributed by atoms with van der Waals surface area (Å²) >= 11 is 0. The molecule has 0 radical (unpaired) electrons. The van der Waals surface area contributed by atoms with Crippen molar-refractivity contribution in [1.29, 1.82) is 0 Å². The third kappa shape index (κ3) is 4.41. The average Bonchev–Trinajstić information content (AvgIpc) is 3.10. The molecule has 3 N–H and O–H groups in total. The molecule has 11 heteroatoms. The van der Waals surface area contributed by atoms with Crippen LogP contribution in [0.15, 0.2) is 18.2 Å². The smallest absolute Gasteiger partial charge is 0.264 e. The number of carbonyl (C=O) groups is 5. The van der Waals surface area contributed by atoms with Gasteiger partial charge >= 0.3 is 0 Å². The molecule has 0 saturated carbocycles. The van der Waals surface area contributed by atoms with Gasteiger partial charge in [0.1, 0.15) is 6.04 Å². The standard InChI is InChI=1S/C24H30N6O5/c25-15-3-2-8-29(13-15)20(32)14-27-9-11-28(12-10-27)17-5-1-4-16-21(17)24(35)30(23(16)34)18-6-7-19(31)26-22(18)33/h1,4-5,15,18H,2-3,6-14,25H2,(H,26,31,33)/t15-,18?/m0/s1. The predicted octanol–water partition coefficient (Wildman–Crippen LogP) is -0.840. The fraction of sp³-hybridized carbons (Fsp3) is 0.542. The Morgan fingerprint density at radius 3 is 2.49 bits per heavy atom. The lowest BCUT2D eigenvalue weighted by molar-refractivity contribution is -0.136. The van der Waals surface area contributed by atoms with Crippen molar-refractivity contribution in [2.75, 3.05) is 50.7 Å². The van der Waals surface area contributed by atoms with Crippen molar-refractivity contribution in [3.63, 3.8) is 0 Å². The van der Waals surface area contributed by atoms with E-state index in [1.807, 2.05) is 11.0 Å². The van der Waals surface area contributed by atoms with Crippen LogP contribution in [0.1, 0.15) is 46.4 Å². The van der Waals surface area contributed by atoms with E-state index in [9.17, 15) is 24.0 Å². The van der Waals surface area contributed by atoms with Crippen molar-refractivity contribution in [3.05, 3.63) is 29.3 Å². The second kappa shape index (κ2) is 9.38. The van der Waals surface area contributed by atoms with E-state index in [4.69, 9.17) is 5.73 Å². The maximum atomic E-state index is 13.4. The Labute approximate surface area is 203 Å². The third-order valence-electron chi connectivity index (χ3n) is 7.33. The van der Waals surface area contributed by atoms with Crippen molar-refractivity contribution in [2.24, 2.45) is 5.73 Å². The Morgan fingerprint density at radius 1 is 1.00 bits per heavy atom. The molecule has 4 heterocycles. The first-order valence-electron chi connectivity index (χ1n) is 12.2. The summed E-state index contributed by atoms with van der Waals surface area (Å²) in [5.41, 5.74) is 7.24. The lowest BCUT2D eigenvalue weighted by Gasteiger charge is -2.38. The molecule has 4 aliphatic heterocycles. The van der Waals surface area contributed by atoms with Gasteiger partial charge in [0.25, 0.3) is 11.8 Å². The lowest BCUT2D eigenvalue weighted by atomic mass is 10.0. The number of likely N-dealkylation sites (tertiary alicyclic amines) is 1. The molecule has 1 aromatic rings. The van der Waals surface area contributed by atoms with Gasteiger partial charge in [0, 0.05) is 51.7 Å². The van der Waals surface area contributed by atoms with E-state index in [1.165, 1.54) is 0 Å². The zero-order valence-electron chi connectivity index (χ0n) is 19.6. The number of imide groups is 2. The van der Waals surface area contributed by atoms with Crippen molar-refractivity contribution in [1.82, 2.24) is 20.0 Å². The van der Waals surface area contributed by atoms with Crippen LogP contribution in [-0.4, -0.2) is 102 Å². The number of nitrogens with two attached hydrogens (primary N) is 1. The molecule has 0 bridgehead atoms. The number of amides is 5. The van der Waals surface area contributed by atoms with E-state index < -0.39 is 29.7 Å². The first kappa shape index (κ1) is 23.4. The molecule has 2 atom stereocenters. The lowest BCUT2D eigenvalue weighted by Crippen LogP contribution is -2.54. The second-order valence-electron chi connectivity index (χ2n) is 9.65. The summed E-state index contributed by atoms with van der Waals surface area (Å²) in [5, 5.41) is 2.22. The van der Waals surface area contributed by atoms with Crippen LogP contribution in [0.3, 0.4) is 0 Å². The number of nitrogens with one attached hydrogen (secondary N) is 1. The Balaban J connectivity index is 1.26. The zero-order chi connectivity index (χ0) is 24.7. The fourth-order valence-corrected chi connectivity index (χ4v) is 5.44. The van der Waals surface area contributed by atoms with Gasteiger partial charge in [0.2, 0.25) is 17.7 Å². The molecule has 3 saturated heterocycles. The molecule has 0 aromatic heterocycles. The van der Waals surface area contributed by atoms with Crippen molar-refractivity contribution in [3.8, 4) is 0 Å². The molecule has 186 valence electrons. The van der Waals surface area contributed by atoms with Crippen LogP contribution in [0.4, 0.5) is 5.69 Å². The van der Waals surface area contributed by atoms with Crippen molar-refractivity contribution < 1.29 is 24.0 Å². The van der Waals surface area contributed by atoms with Crippen LogP contribution in [0.5, 0.6) is 0 Å². The van der Waals surface area contributed by atoms with Gasteiger partial charge in [-0.2, -0.15) is 0 Å². The Morgan fingerprint density at radius 2 is 1.77 bits per heavy atom. The number of carbonyl (C=O) groups excluding carboxylic acids is 5. The van der Waals surface area contributed by atoms with Crippen LogP contribution < -0.4 is 16.0 Å². The molecule has 4 aliphatic rings. The highest BCUT2D eigenvalue weighted by atomic mass is 16.2. The van der Waals surface area contributed by atoms with Crippen LogP contribution in [0, 0.1) is 0 Å². The van der Waals surface area contributed by atoms with Crippen LogP contribution in [0.2, 0.25) is 0 Å². The predicted molar refractivity (Wildman–Crippen MR) is 126 cm³/mol. The number of anilines is 1. The number of piperazine rings is 1. The number of piperidine rings is 2. The first-order valence-corrected chi connectivity index (χ1v) is 12.2. The second-order valence-corrected chi connectivity index (χ2v) is 9.65. The van der Waals surface area contributed by atoms with Crippen molar-refractivity contribution >= 4 is 35.2 Å². The molecule has 5 amide bonds. The molecule has 0 spiro atoms. The highest BCUT2D eigenvalue weighted by Crippen LogP contribution is 2.34. The molecular weight excluding hydrogens is 452 g/mol. The van der Waals surface area contributed by atoms with Gasteiger partial charge in [-0.05, 0) is 31.4 Å². The molecule has 11 nitrogen and oxygen atoms in total. The summed E-state index contributed by atoms with van der Waals surface area (Å²) in [7, 11) is 0. The minimum absolute atomic E-state index is 0.0460. The zero-order valence-corrected chi connectivity index (χ0v) is 19.6. The minimum atomic E-state index is -0.987. The highest BCUT2D eigenvalue weighted by Gasteiger charge is 2.46. The van der Waals surface area contributed by atoms with Gasteiger partial charge in [0.15, 0.2) is 0 Å². The summed E-state index contributed by atoms with van der Waals surface area (Å²) in [6.07, 6.45) is 2.09. The van der Waals surface area contributed by atoms with Gasteiger partial charge in [-0.15, -0.1) is 0 Å². The molecule has 1 aromatic carbocycles. The van der Waals surface area contributed by atoms with Crippen LogP contribution in [-0.2, 0) is 14.4 Å². The Kier molecular flexibility index (Phi) is 6.28. The normalized spacial score (nSPS) is 25.7. The Bertz CT molecular complexity index is 1080. The van der Waals surface area contributed by atoms with Crippen molar-refractivity contribution in [2.45, 2.75) is 37.8 Å². The maximum Gasteiger partial charge on any atom is 0.264 e. The first-order chi connectivity index (χ1) is 16.8. The van der Waals surface area contributed by atoms with E-state index >= 15 is 0 Å².